The average molecular weight is 275 g/mol. The molecule has 2 aromatic rings. The van der Waals surface area contributed by atoms with Crippen LogP contribution in [0.4, 0.5) is 0 Å². The van der Waals surface area contributed by atoms with Gasteiger partial charge in [-0.05, 0) is 23.5 Å². The van der Waals surface area contributed by atoms with E-state index in [1.807, 2.05) is 0 Å². The van der Waals surface area contributed by atoms with Crippen molar-refractivity contribution in [2.45, 2.75) is 39.7 Å². The van der Waals surface area contributed by atoms with Crippen LogP contribution < -0.4 is 0 Å². The lowest BCUT2D eigenvalue weighted by Gasteiger charge is -2.19. The summed E-state index contributed by atoms with van der Waals surface area (Å²) >= 11 is 1.71. The van der Waals surface area contributed by atoms with Crippen LogP contribution in [0.3, 0.4) is 0 Å². The highest BCUT2D eigenvalue weighted by Gasteiger charge is 2.14. The van der Waals surface area contributed by atoms with Crippen molar-refractivity contribution in [3.05, 3.63) is 40.5 Å². The second-order valence-corrected chi connectivity index (χ2v) is 6.87. The standard InChI is InChI=1S/C16H21NOS/c1-11-15(19-14(17-11)10-18-5)12-6-8-13(9-7-12)16(2,3)4/h6-9H,10H2,1-5H3. The van der Waals surface area contributed by atoms with Crippen LogP contribution in [0, 0.1) is 6.92 Å². The number of rotatable bonds is 3. The summed E-state index contributed by atoms with van der Waals surface area (Å²) in [6, 6.07) is 8.81. The molecule has 0 fully saturated rings. The van der Waals surface area contributed by atoms with E-state index in [4.69, 9.17) is 4.74 Å². The first-order chi connectivity index (χ1) is 8.91. The van der Waals surface area contributed by atoms with Crippen molar-refractivity contribution in [2.24, 2.45) is 0 Å². The third kappa shape index (κ3) is 3.23. The Morgan fingerprint density at radius 3 is 2.32 bits per heavy atom. The fourth-order valence-electron chi connectivity index (χ4n) is 2.03. The van der Waals surface area contributed by atoms with Crippen molar-refractivity contribution >= 4 is 11.3 Å². The highest BCUT2D eigenvalue weighted by molar-refractivity contribution is 7.15. The van der Waals surface area contributed by atoms with Crippen molar-refractivity contribution < 1.29 is 4.74 Å². The molecule has 2 nitrogen and oxygen atoms in total. The summed E-state index contributed by atoms with van der Waals surface area (Å²) in [6.45, 7) is 9.35. The van der Waals surface area contributed by atoms with Gasteiger partial charge < -0.3 is 4.74 Å². The summed E-state index contributed by atoms with van der Waals surface area (Å²) in [5.74, 6) is 0. The Morgan fingerprint density at radius 1 is 1.16 bits per heavy atom. The topological polar surface area (TPSA) is 22.1 Å². The van der Waals surface area contributed by atoms with E-state index in [1.165, 1.54) is 16.0 Å². The molecular formula is C16H21NOS. The molecule has 0 unspecified atom stereocenters. The van der Waals surface area contributed by atoms with E-state index < -0.39 is 0 Å². The van der Waals surface area contributed by atoms with Gasteiger partial charge >= 0.3 is 0 Å². The minimum atomic E-state index is 0.197. The second kappa shape index (κ2) is 5.43. The van der Waals surface area contributed by atoms with Crippen LogP contribution in [0.1, 0.15) is 37.0 Å². The number of methoxy groups -OCH3 is 1. The maximum atomic E-state index is 5.14. The maximum Gasteiger partial charge on any atom is 0.119 e. The molecule has 1 aromatic heterocycles. The summed E-state index contributed by atoms with van der Waals surface area (Å²) in [4.78, 5) is 5.78. The van der Waals surface area contributed by atoms with Gasteiger partial charge in [-0.15, -0.1) is 11.3 Å². The Bertz CT molecular complexity index is 549. The lowest BCUT2D eigenvalue weighted by Crippen LogP contribution is -2.10. The lowest BCUT2D eigenvalue weighted by atomic mass is 9.86. The van der Waals surface area contributed by atoms with Crippen LogP contribution in [-0.4, -0.2) is 12.1 Å². The number of benzene rings is 1. The van der Waals surface area contributed by atoms with Crippen molar-refractivity contribution in [1.82, 2.24) is 4.98 Å². The van der Waals surface area contributed by atoms with Crippen LogP contribution in [0.25, 0.3) is 10.4 Å². The van der Waals surface area contributed by atoms with Gasteiger partial charge in [0, 0.05) is 7.11 Å². The molecule has 0 aliphatic rings. The van der Waals surface area contributed by atoms with E-state index in [9.17, 15) is 0 Å². The Hall–Kier alpha value is -1.19. The van der Waals surface area contributed by atoms with Crippen LogP contribution in [0.2, 0.25) is 0 Å². The predicted molar refractivity (Wildman–Crippen MR) is 81.7 cm³/mol. The van der Waals surface area contributed by atoms with Gasteiger partial charge in [0.15, 0.2) is 0 Å². The summed E-state index contributed by atoms with van der Waals surface area (Å²) in [5, 5.41) is 1.04. The molecule has 3 heteroatoms. The summed E-state index contributed by atoms with van der Waals surface area (Å²) < 4.78 is 5.14. The molecule has 0 saturated carbocycles. The summed E-state index contributed by atoms with van der Waals surface area (Å²) in [7, 11) is 1.70. The smallest absolute Gasteiger partial charge is 0.119 e. The molecule has 0 aliphatic carbocycles. The molecule has 0 saturated heterocycles. The number of hydrogen-bond acceptors (Lipinski definition) is 3. The number of aryl methyl sites for hydroxylation is 1. The molecule has 2 rings (SSSR count). The van der Waals surface area contributed by atoms with Crippen LogP contribution >= 0.6 is 11.3 Å². The van der Waals surface area contributed by atoms with Crippen LogP contribution in [0.15, 0.2) is 24.3 Å². The highest BCUT2D eigenvalue weighted by atomic mass is 32.1. The van der Waals surface area contributed by atoms with Gasteiger partial charge in [-0.25, -0.2) is 4.98 Å². The molecule has 0 bridgehead atoms. The number of aromatic nitrogens is 1. The summed E-state index contributed by atoms with van der Waals surface area (Å²) in [6.07, 6.45) is 0. The molecular weight excluding hydrogens is 254 g/mol. The van der Waals surface area contributed by atoms with Gasteiger partial charge in [-0.2, -0.15) is 0 Å². The Labute approximate surface area is 119 Å². The molecule has 0 radical (unpaired) electrons. The first-order valence-corrected chi connectivity index (χ1v) is 7.29. The summed E-state index contributed by atoms with van der Waals surface area (Å²) in [5.41, 5.74) is 3.88. The van der Waals surface area contributed by atoms with E-state index in [0.29, 0.717) is 6.61 Å². The zero-order valence-electron chi connectivity index (χ0n) is 12.3. The number of hydrogen-bond donors (Lipinski definition) is 0. The third-order valence-electron chi connectivity index (χ3n) is 3.12. The van der Waals surface area contributed by atoms with Gasteiger partial charge in [0.1, 0.15) is 5.01 Å². The first kappa shape index (κ1) is 14.2. The molecule has 19 heavy (non-hydrogen) atoms. The molecule has 0 spiro atoms. The number of thiazole rings is 1. The monoisotopic (exact) mass is 275 g/mol. The number of ether oxygens (including phenoxy) is 1. The zero-order chi connectivity index (χ0) is 14.0. The lowest BCUT2D eigenvalue weighted by molar-refractivity contribution is 0.184. The molecule has 1 aromatic carbocycles. The Morgan fingerprint density at radius 2 is 1.79 bits per heavy atom. The van der Waals surface area contributed by atoms with E-state index >= 15 is 0 Å². The third-order valence-corrected chi connectivity index (χ3v) is 4.30. The Kier molecular flexibility index (Phi) is 4.07. The SMILES string of the molecule is COCc1nc(C)c(-c2ccc(C(C)(C)C)cc2)s1. The fourth-order valence-corrected chi connectivity index (χ4v) is 3.07. The fraction of sp³-hybridized carbons (Fsp3) is 0.438. The van der Waals surface area contributed by atoms with Crippen LogP contribution in [-0.2, 0) is 16.8 Å². The van der Waals surface area contributed by atoms with Crippen molar-refractivity contribution in [3.8, 4) is 10.4 Å². The second-order valence-electron chi connectivity index (χ2n) is 5.78. The number of nitrogens with zero attached hydrogens (tertiary/aromatic N) is 1. The average Bonchev–Trinajstić information content (AvgIpc) is 2.70. The first-order valence-electron chi connectivity index (χ1n) is 6.48. The predicted octanol–water partition coefficient (Wildman–Crippen LogP) is 4.56. The molecule has 0 atom stereocenters. The van der Waals surface area contributed by atoms with Gasteiger partial charge in [-0.1, -0.05) is 45.0 Å². The minimum absolute atomic E-state index is 0.197. The van der Waals surface area contributed by atoms with Crippen molar-refractivity contribution in [2.75, 3.05) is 7.11 Å². The molecule has 102 valence electrons. The normalized spacial score (nSPS) is 11.8. The van der Waals surface area contributed by atoms with Gasteiger partial charge in [0.2, 0.25) is 0 Å². The largest absolute Gasteiger partial charge is 0.378 e. The van der Waals surface area contributed by atoms with Crippen molar-refractivity contribution in [1.29, 1.82) is 0 Å². The van der Waals surface area contributed by atoms with Crippen molar-refractivity contribution in [3.63, 3.8) is 0 Å². The highest BCUT2D eigenvalue weighted by Crippen LogP contribution is 2.32. The van der Waals surface area contributed by atoms with E-state index in [0.717, 1.165) is 10.7 Å². The molecule has 0 amide bonds. The van der Waals surface area contributed by atoms with Gasteiger partial charge in [0.25, 0.3) is 0 Å². The van der Waals surface area contributed by atoms with Gasteiger partial charge in [0.05, 0.1) is 17.2 Å². The minimum Gasteiger partial charge on any atom is -0.378 e. The molecule has 1 heterocycles. The molecule has 0 aliphatic heterocycles. The quantitative estimate of drug-likeness (QED) is 0.819. The van der Waals surface area contributed by atoms with E-state index in [-0.39, 0.29) is 5.41 Å². The van der Waals surface area contributed by atoms with E-state index in [2.05, 4.69) is 56.9 Å². The van der Waals surface area contributed by atoms with Gasteiger partial charge in [-0.3, -0.25) is 0 Å². The maximum absolute atomic E-state index is 5.14. The zero-order valence-corrected chi connectivity index (χ0v) is 13.1. The molecule has 0 N–H and O–H groups in total. The van der Waals surface area contributed by atoms with Crippen LogP contribution in [0.5, 0.6) is 0 Å². The Balaban J connectivity index is 2.32. The van der Waals surface area contributed by atoms with E-state index in [1.54, 1.807) is 18.4 Å².